The Morgan fingerprint density at radius 3 is 2.34 bits per heavy atom. The topological polar surface area (TPSA) is 73.7 Å². The summed E-state index contributed by atoms with van der Waals surface area (Å²) in [5, 5.41) is 9.95. The SMILES string of the molecule is CCC(=O)N(CC)C[C@H]1[C@H](c2ccc(-c3cccnc3)cc2)[C@@H](CO)N1C(C)=O. The van der Waals surface area contributed by atoms with E-state index in [1.807, 2.05) is 44.3 Å². The zero-order valence-corrected chi connectivity index (χ0v) is 17.3. The molecule has 6 nitrogen and oxygen atoms in total. The molecule has 1 aromatic heterocycles. The summed E-state index contributed by atoms with van der Waals surface area (Å²) in [6.07, 6.45) is 4.01. The summed E-state index contributed by atoms with van der Waals surface area (Å²) in [4.78, 5) is 32.2. The van der Waals surface area contributed by atoms with E-state index < -0.39 is 0 Å². The predicted octanol–water partition coefficient (Wildman–Crippen LogP) is 2.68. The number of hydrogen-bond donors (Lipinski definition) is 1. The smallest absolute Gasteiger partial charge is 0.222 e. The number of aliphatic hydroxyl groups excluding tert-OH is 1. The number of amides is 2. The van der Waals surface area contributed by atoms with Gasteiger partial charge in [0.25, 0.3) is 0 Å². The fourth-order valence-corrected chi connectivity index (χ4v) is 4.35. The highest BCUT2D eigenvalue weighted by molar-refractivity contribution is 5.78. The summed E-state index contributed by atoms with van der Waals surface area (Å²) in [6.45, 7) is 6.30. The van der Waals surface area contributed by atoms with E-state index in [0.29, 0.717) is 19.5 Å². The number of benzene rings is 1. The number of aromatic nitrogens is 1. The van der Waals surface area contributed by atoms with Gasteiger partial charge in [-0.05, 0) is 29.7 Å². The summed E-state index contributed by atoms with van der Waals surface area (Å²) >= 11 is 0. The van der Waals surface area contributed by atoms with Gasteiger partial charge in [0.1, 0.15) is 0 Å². The molecular formula is C23H29N3O3. The van der Waals surface area contributed by atoms with E-state index in [1.54, 1.807) is 16.0 Å². The summed E-state index contributed by atoms with van der Waals surface area (Å²) < 4.78 is 0. The number of carbonyl (C=O) groups is 2. The number of nitrogens with zero attached hydrogens (tertiary/aromatic N) is 3. The van der Waals surface area contributed by atoms with Crippen LogP contribution < -0.4 is 0 Å². The second kappa shape index (κ2) is 9.18. The molecule has 1 saturated heterocycles. The van der Waals surface area contributed by atoms with Crippen molar-refractivity contribution in [3.05, 3.63) is 54.4 Å². The third kappa shape index (κ3) is 4.17. The molecule has 0 bridgehead atoms. The first kappa shape index (κ1) is 21.0. The number of likely N-dealkylation sites (N-methyl/N-ethyl adjacent to an activating group) is 1. The van der Waals surface area contributed by atoms with Gasteiger partial charge in [-0.25, -0.2) is 0 Å². The first-order chi connectivity index (χ1) is 14.0. The van der Waals surface area contributed by atoms with Crippen molar-refractivity contribution in [1.82, 2.24) is 14.8 Å². The molecule has 1 aliphatic rings. The Bertz CT molecular complexity index is 838. The molecule has 1 aromatic carbocycles. The van der Waals surface area contributed by atoms with Crippen LogP contribution in [0.5, 0.6) is 0 Å². The molecule has 1 N–H and O–H groups in total. The van der Waals surface area contributed by atoms with E-state index in [1.165, 1.54) is 6.92 Å². The van der Waals surface area contributed by atoms with Crippen molar-refractivity contribution in [2.45, 2.75) is 45.2 Å². The van der Waals surface area contributed by atoms with Crippen molar-refractivity contribution in [3.63, 3.8) is 0 Å². The fourth-order valence-electron chi connectivity index (χ4n) is 4.35. The summed E-state index contributed by atoms with van der Waals surface area (Å²) in [5.74, 6) is -0.00281. The highest BCUT2D eigenvalue weighted by Gasteiger charge is 2.50. The minimum Gasteiger partial charge on any atom is -0.394 e. The Morgan fingerprint density at radius 1 is 1.10 bits per heavy atom. The summed E-state index contributed by atoms with van der Waals surface area (Å²) in [7, 11) is 0. The van der Waals surface area contributed by atoms with Gasteiger partial charge in [-0.3, -0.25) is 14.6 Å². The Kier molecular flexibility index (Phi) is 6.64. The van der Waals surface area contributed by atoms with Crippen LogP contribution in [0.3, 0.4) is 0 Å². The molecule has 2 amide bonds. The van der Waals surface area contributed by atoms with Crippen LogP contribution in [0.15, 0.2) is 48.8 Å². The second-order valence-electron chi connectivity index (χ2n) is 7.42. The van der Waals surface area contributed by atoms with E-state index in [2.05, 4.69) is 17.1 Å². The average Bonchev–Trinajstić information content (AvgIpc) is 2.73. The highest BCUT2D eigenvalue weighted by Crippen LogP contribution is 2.41. The van der Waals surface area contributed by atoms with Gasteiger partial charge in [-0.2, -0.15) is 0 Å². The molecule has 29 heavy (non-hydrogen) atoms. The first-order valence-corrected chi connectivity index (χ1v) is 10.2. The van der Waals surface area contributed by atoms with Gasteiger partial charge in [0.2, 0.25) is 11.8 Å². The molecule has 3 atom stereocenters. The monoisotopic (exact) mass is 395 g/mol. The van der Waals surface area contributed by atoms with Crippen LogP contribution in [-0.4, -0.2) is 63.5 Å². The Balaban J connectivity index is 1.87. The Hall–Kier alpha value is -2.73. The van der Waals surface area contributed by atoms with E-state index in [9.17, 15) is 14.7 Å². The molecule has 6 heteroatoms. The third-order valence-corrected chi connectivity index (χ3v) is 5.83. The lowest BCUT2D eigenvalue weighted by atomic mass is 9.74. The van der Waals surface area contributed by atoms with Crippen LogP contribution >= 0.6 is 0 Å². The lowest BCUT2D eigenvalue weighted by Crippen LogP contribution is -2.68. The van der Waals surface area contributed by atoms with Gasteiger partial charge in [0.15, 0.2) is 0 Å². The van der Waals surface area contributed by atoms with E-state index in [0.717, 1.165) is 16.7 Å². The van der Waals surface area contributed by atoms with Gasteiger partial charge >= 0.3 is 0 Å². The standard InChI is InChI=1S/C23H29N3O3/c1-4-22(29)25(5-2)14-20-23(21(15-27)26(20)16(3)28)18-10-8-17(9-11-18)19-7-6-12-24-13-19/h6-13,20-21,23,27H,4-5,14-15H2,1-3H3/t20-,21+,23-/m0/s1. The molecule has 2 heterocycles. The fraction of sp³-hybridized carbons (Fsp3) is 0.435. The number of carbonyl (C=O) groups excluding carboxylic acids is 2. The van der Waals surface area contributed by atoms with Crippen molar-refractivity contribution in [2.24, 2.45) is 0 Å². The van der Waals surface area contributed by atoms with Crippen molar-refractivity contribution in [2.75, 3.05) is 19.7 Å². The molecule has 2 aromatic rings. The average molecular weight is 396 g/mol. The Labute approximate surface area is 172 Å². The van der Waals surface area contributed by atoms with Gasteiger partial charge in [-0.15, -0.1) is 0 Å². The van der Waals surface area contributed by atoms with Crippen LogP contribution in [-0.2, 0) is 9.59 Å². The lowest BCUT2D eigenvalue weighted by Gasteiger charge is -2.55. The number of pyridine rings is 1. The maximum Gasteiger partial charge on any atom is 0.222 e. The lowest BCUT2D eigenvalue weighted by molar-refractivity contribution is -0.152. The van der Waals surface area contributed by atoms with Crippen LogP contribution in [0.1, 0.15) is 38.7 Å². The van der Waals surface area contributed by atoms with E-state index in [-0.39, 0.29) is 36.4 Å². The van der Waals surface area contributed by atoms with Gasteiger partial charge < -0.3 is 14.9 Å². The largest absolute Gasteiger partial charge is 0.394 e. The maximum absolute atomic E-state index is 12.3. The van der Waals surface area contributed by atoms with Crippen molar-refractivity contribution >= 4 is 11.8 Å². The molecule has 0 saturated carbocycles. The van der Waals surface area contributed by atoms with Crippen LogP contribution in [0, 0.1) is 0 Å². The number of hydrogen-bond acceptors (Lipinski definition) is 4. The first-order valence-electron chi connectivity index (χ1n) is 10.2. The Morgan fingerprint density at radius 2 is 1.83 bits per heavy atom. The van der Waals surface area contributed by atoms with Crippen LogP contribution in [0.2, 0.25) is 0 Å². The predicted molar refractivity (Wildman–Crippen MR) is 112 cm³/mol. The van der Waals surface area contributed by atoms with Crippen molar-refractivity contribution < 1.29 is 14.7 Å². The van der Waals surface area contributed by atoms with Crippen LogP contribution in [0.4, 0.5) is 0 Å². The number of rotatable bonds is 7. The van der Waals surface area contributed by atoms with Gasteiger partial charge in [0.05, 0.1) is 18.7 Å². The molecule has 3 rings (SSSR count). The maximum atomic E-state index is 12.3. The second-order valence-corrected chi connectivity index (χ2v) is 7.42. The zero-order chi connectivity index (χ0) is 21.0. The molecular weight excluding hydrogens is 366 g/mol. The number of likely N-dealkylation sites (tertiary alicyclic amines) is 1. The number of aliphatic hydroxyl groups is 1. The minimum atomic E-state index is -0.267. The molecule has 154 valence electrons. The third-order valence-electron chi connectivity index (χ3n) is 5.83. The molecule has 0 radical (unpaired) electrons. The summed E-state index contributed by atoms with van der Waals surface area (Å²) in [6, 6.07) is 11.7. The molecule has 0 spiro atoms. The zero-order valence-electron chi connectivity index (χ0n) is 17.3. The van der Waals surface area contributed by atoms with Crippen molar-refractivity contribution in [3.8, 4) is 11.1 Å². The minimum absolute atomic E-state index is 0.00875. The van der Waals surface area contributed by atoms with Gasteiger partial charge in [-0.1, -0.05) is 37.3 Å². The van der Waals surface area contributed by atoms with E-state index in [4.69, 9.17) is 0 Å². The highest BCUT2D eigenvalue weighted by atomic mass is 16.3. The van der Waals surface area contributed by atoms with E-state index >= 15 is 0 Å². The van der Waals surface area contributed by atoms with Gasteiger partial charge in [0, 0.05) is 44.7 Å². The molecule has 0 aliphatic carbocycles. The van der Waals surface area contributed by atoms with Crippen LogP contribution in [0.25, 0.3) is 11.1 Å². The molecule has 0 unspecified atom stereocenters. The van der Waals surface area contributed by atoms with Crippen molar-refractivity contribution in [1.29, 1.82) is 0 Å². The summed E-state index contributed by atoms with van der Waals surface area (Å²) in [5.41, 5.74) is 3.18. The normalized spacial score (nSPS) is 20.8. The molecule has 1 aliphatic heterocycles. The quantitative estimate of drug-likeness (QED) is 0.782. The molecule has 1 fully saturated rings.